The number of halogens is 7. The van der Waals surface area contributed by atoms with Crippen molar-refractivity contribution >= 4 is 0 Å². The molecule has 74 valence electrons. The van der Waals surface area contributed by atoms with E-state index in [2.05, 4.69) is 0 Å². The van der Waals surface area contributed by atoms with Crippen molar-refractivity contribution in [1.82, 2.24) is 0 Å². The van der Waals surface area contributed by atoms with Crippen molar-refractivity contribution in [3.63, 3.8) is 0 Å². The van der Waals surface area contributed by atoms with Crippen molar-refractivity contribution in [2.75, 3.05) is 6.67 Å². The summed E-state index contributed by atoms with van der Waals surface area (Å²) in [6.07, 6.45) is -7.31. The summed E-state index contributed by atoms with van der Waals surface area (Å²) >= 11 is 0. The van der Waals surface area contributed by atoms with Crippen molar-refractivity contribution in [3.8, 4) is 0 Å². The van der Waals surface area contributed by atoms with Crippen LogP contribution in [0.5, 0.6) is 0 Å². The molecule has 0 unspecified atom stereocenters. The molecule has 0 aliphatic carbocycles. The third-order valence-electron chi connectivity index (χ3n) is 0.307. The maximum Gasteiger partial charge on any atom is 0.416 e. The average Bonchev–Trinajstić information content (AvgIpc) is 1.87. The number of aliphatic hydroxyl groups is 1. The van der Waals surface area contributed by atoms with Gasteiger partial charge in [-0.25, -0.2) is 4.39 Å². The van der Waals surface area contributed by atoms with Gasteiger partial charge in [-0.2, -0.15) is 26.3 Å². The highest BCUT2D eigenvalue weighted by atomic mass is 19.4. The molecular formula is C4H3F7O. The van der Waals surface area contributed by atoms with Crippen molar-refractivity contribution < 1.29 is 35.8 Å². The first-order chi connectivity index (χ1) is 5.20. The Bertz CT molecular complexity index is 130. The maximum atomic E-state index is 10.5. The van der Waals surface area contributed by atoms with Crippen LogP contribution in [0.25, 0.3) is 0 Å². The van der Waals surface area contributed by atoms with E-state index in [-0.39, 0.29) is 0 Å². The summed E-state index contributed by atoms with van der Waals surface area (Å²) in [4.78, 5) is 0. The molecule has 0 heterocycles. The van der Waals surface area contributed by atoms with E-state index in [1.807, 2.05) is 0 Å². The summed E-state index contributed by atoms with van der Waals surface area (Å²) in [6, 6.07) is -2.41. The molecule has 0 saturated carbocycles. The molecule has 0 bridgehead atoms. The normalized spacial score (nSPS) is 9.92. The minimum atomic E-state index is -4.62. The minimum absolute atomic E-state index is 2.23. The van der Waals surface area contributed by atoms with Gasteiger partial charge in [0.15, 0.2) is 6.67 Å². The standard InChI is InChI=1S/C2H2F4.C2HF3O/c3-1-2(4,5)6;3-1(4)2(5)6/h1H2;6H. The second-order valence-electron chi connectivity index (χ2n) is 1.30. The SMILES string of the molecule is FCC(F)(F)F.OC(F)=C(F)F. The highest BCUT2D eigenvalue weighted by Gasteiger charge is 2.26. The number of aliphatic hydroxyl groups excluding tert-OH is 1. The van der Waals surface area contributed by atoms with Crippen LogP contribution in [0.4, 0.5) is 30.7 Å². The number of rotatable bonds is 0. The largest absolute Gasteiger partial charge is 0.483 e. The molecule has 0 fully saturated rings. The van der Waals surface area contributed by atoms with Crippen LogP contribution < -0.4 is 0 Å². The van der Waals surface area contributed by atoms with Gasteiger partial charge >= 0.3 is 18.3 Å². The first-order valence-corrected chi connectivity index (χ1v) is 2.23. The third kappa shape index (κ3) is 16.0. The molecule has 8 heteroatoms. The Morgan fingerprint density at radius 3 is 1.25 bits per heavy atom. The first-order valence-electron chi connectivity index (χ1n) is 2.23. The van der Waals surface area contributed by atoms with Gasteiger partial charge in [-0.3, -0.25) is 0 Å². The van der Waals surface area contributed by atoms with Gasteiger partial charge in [0.05, 0.1) is 0 Å². The van der Waals surface area contributed by atoms with Crippen LogP contribution in [0.3, 0.4) is 0 Å². The van der Waals surface area contributed by atoms with Gasteiger partial charge in [-0.1, -0.05) is 0 Å². The van der Waals surface area contributed by atoms with E-state index in [1.165, 1.54) is 0 Å². The second kappa shape index (κ2) is 5.67. The molecular weight excluding hydrogens is 197 g/mol. The fraction of sp³-hybridized carbons (Fsp3) is 0.500. The summed E-state index contributed by atoms with van der Waals surface area (Å²) in [5, 5.41) is 7.09. The molecule has 0 aromatic rings. The van der Waals surface area contributed by atoms with E-state index in [0.29, 0.717) is 0 Å². The van der Waals surface area contributed by atoms with Gasteiger partial charge in [0.2, 0.25) is 0 Å². The number of hydrogen-bond donors (Lipinski definition) is 1. The van der Waals surface area contributed by atoms with Gasteiger partial charge in [0.25, 0.3) is 0 Å². The average molecular weight is 200 g/mol. The van der Waals surface area contributed by atoms with Gasteiger partial charge in [0, 0.05) is 0 Å². The van der Waals surface area contributed by atoms with Gasteiger partial charge in [-0.05, 0) is 0 Å². The van der Waals surface area contributed by atoms with Crippen LogP contribution in [-0.4, -0.2) is 18.0 Å². The lowest BCUT2D eigenvalue weighted by atomic mass is 10.8. The lowest BCUT2D eigenvalue weighted by Crippen LogP contribution is -2.08. The van der Waals surface area contributed by atoms with Crippen LogP contribution >= 0.6 is 0 Å². The fourth-order valence-corrected chi connectivity index (χ4v) is 0. The molecule has 0 radical (unpaired) electrons. The zero-order valence-corrected chi connectivity index (χ0v) is 5.30. The molecule has 0 aliphatic rings. The Hall–Kier alpha value is -0.950. The Balaban J connectivity index is 0. The predicted octanol–water partition coefficient (Wildman–Crippen LogP) is 3.10. The number of alkyl halides is 4. The van der Waals surface area contributed by atoms with E-state index in [4.69, 9.17) is 5.11 Å². The zero-order valence-electron chi connectivity index (χ0n) is 5.30. The van der Waals surface area contributed by atoms with Gasteiger partial charge < -0.3 is 5.11 Å². The Morgan fingerprint density at radius 1 is 1.08 bits per heavy atom. The topological polar surface area (TPSA) is 20.2 Å². The molecule has 12 heavy (non-hydrogen) atoms. The minimum Gasteiger partial charge on any atom is -0.483 e. The molecule has 0 spiro atoms. The van der Waals surface area contributed by atoms with Crippen molar-refractivity contribution in [2.24, 2.45) is 0 Å². The van der Waals surface area contributed by atoms with Crippen LogP contribution in [0, 0.1) is 0 Å². The predicted molar refractivity (Wildman–Crippen MR) is 25.0 cm³/mol. The Morgan fingerprint density at radius 2 is 1.25 bits per heavy atom. The molecule has 0 amide bonds. The van der Waals surface area contributed by atoms with Crippen molar-refractivity contribution in [1.29, 1.82) is 0 Å². The smallest absolute Gasteiger partial charge is 0.416 e. The first kappa shape index (κ1) is 13.6. The molecule has 0 atom stereocenters. The summed E-state index contributed by atoms with van der Waals surface area (Å²) in [6.45, 7) is -2.23. The molecule has 0 saturated heterocycles. The molecule has 1 nitrogen and oxygen atoms in total. The third-order valence-corrected chi connectivity index (χ3v) is 0.307. The van der Waals surface area contributed by atoms with Crippen LogP contribution in [0.2, 0.25) is 0 Å². The molecule has 1 N–H and O–H groups in total. The molecule has 0 aromatic carbocycles. The maximum absolute atomic E-state index is 10.5. The Labute approximate surface area is 62.1 Å². The summed E-state index contributed by atoms with van der Waals surface area (Å²) in [7, 11) is 0. The van der Waals surface area contributed by atoms with E-state index in [0.717, 1.165) is 0 Å². The van der Waals surface area contributed by atoms with Crippen LogP contribution in [0.15, 0.2) is 12.1 Å². The summed E-state index contributed by atoms with van der Waals surface area (Å²) < 4.78 is 72.9. The van der Waals surface area contributed by atoms with Crippen molar-refractivity contribution in [2.45, 2.75) is 6.18 Å². The lowest BCUT2D eigenvalue weighted by molar-refractivity contribution is -0.142. The molecule has 0 rings (SSSR count). The quantitative estimate of drug-likeness (QED) is 0.470. The van der Waals surface area contributed by atoms with Gasteiger partial charge in [0.1, 0.15) is 0 Å². The van der Waals surface area contributed by atoms with E-state index in [1.54, 1.807) is 0 Å². The highest BCUT2D eigenvalue weighted by Crippen LogP contribution is 2.13. The Kier molecular flexibility index (Phi) is 6.44. The number of hydrogen-bond acceptors (Lipinski definition) is 1. The van der Waals surface area contributed by atoms with E-state index >= 15 is 0 Å². The summed E-state index contributed by atoms with van der Waals surface area (Å²) in [5.41, 5.74) is 0. The van der Waals surface area contributed by atoms with Crippen LogP contribution in [0.1, 0.15) is 0 Å². The van der Waals surface area contributed by atoms with Gasteiger partial charge in [-0.15, -0.1) is 0 Å². The van der Waals surface area contributed by atoms with Crippen LogP contribution in [-0.2, 0) is 0 Å². The zero-order chi connectivity index (χ0) is 10.4. The molecule has 0 aromatic heterocycles. The molecule has 0 aliphatic heterocycles. The monoisotopic (exact) mass is 200 g/mol. The van der Waals surface area contributed by atoms with Crippen molar-refractivity contribution in [3.05, 3.63) is 12.1 Å². The highest BCUT2D eigenvalue weighted by molar-refractivity contribution is 4.76. The van der Waals surface area contributed by atoms with E-state index < -0.39 is 24.9 Å². The fourth-order valence-electron chi connectivity index (χ4n) is 0. The summed E-state index contributed by atoms with van der Waals surface area (Å²) in [5.74, 6) is 0. The second-order valence-corrected chi connectivity index (χ2v) is 1.30. The lowest BCUT2D eigenvalue weighted by Gasteiger charge is -1.93. The van der Waals surface area contributed by atoms with E-state index in [9.17, 15) is 30.7 Å².